The molecule has 1 heterocycles. The van der Waals surface area contributed by atoms with Crippen LogP contribution in [0.2, 0.25) is 5.15 Å². The maximum absolute atomic E-state index is 11.8. The topological polar surface area (TPSA) is 44.1 Å². The normalized spacial score (nSPS) is 10.3. The lowest BCUT2D eigenvalue weighted by Gasteiger charge is -2.08. The van der Waals surface area contributed by atoms with E-state index in [0.29, 0.717) is 11.4 Å². The van der Waals surface area contributed by atoms with Gasteiger partial charge < -0.3 is 4.74 Å². The summed E-state index contributed by atoms with van der Waals surface area (Å²) >= 11 is 9.03. The van der Waals surface area contributed by atoms with Gasteiger partial charge in [-0.1, -0.05) is 11.6 Å². The Morgan fingerprint density at radius 1 is 1.47 bits per heavy atom. The van der Waals surface area contributed by atoms with Crippen LogP contribution in [0, 0.1) is 0 Å². The zero-order chi connectivity index (χ0) is 12.4. The largest absolute Gasteiger partial charge is 0.495 e. The molecule has 88 valence electrons. The number of benzene rings is 1. The van der Waals surface area contributed by atoms with Gasteiger partial charge >= 0.3 is 0 Å². The SMILES string of the molecule is COc1cc(-n2ccnc(Cl)c2=O)ccc1Br. The van der Waals surface area contributed by atoms with E-state index in [4.69, 9.17) is 16.3 Å². The molecular weight excluding hydrogens is 307 g/mol. The molecule has 2 aromatic rings. The number of methoxy groups -OCH3 is 1. The van der Waals surface area contributed by atoms with Gasteiger partial charge in [-0.05, 0) is 28.1 Å². The van der Waals surface area contributed by atoms with Gasteiger partial charge in [0.1, 0.15) is 5.75 Å². The van der Waals surface area contributed by atoms with Gasteiger partial charge in [-0.25, -0.2) is 4.98 Å². The number of ether oxygens (including phenoxy) is 1. The van der Waals surface area contributed by atoms with E-state index < -0.39 is 0 Å². The van der Waals surface area contributed by atoms with Crippen molar-refractivity contribution in [3.05, 3.63) is 50.6 Å². The highest BCUT2D eigenvalue weighted by Gasteiger charge is 2.07. The molecule has 0 aliphatic rings. The van der Waals surface area contributed by atoms with Crippen molar-refractivity contribution in [2.45, 2.75) is 0 Å². The van der Waals surface area contributed by atoms with Crippen LogP contribution < -0.4 is 10.3 Å². The maximum atomic E-state index is 11.8. The monoisotopic (exact) mass is 314 g/mol. The first-order valence-electron chi connectivity index (χ1n) is 4.70. The number of halogens is 2. The van der Waals surface area contributed by atoms with Crippen LogP contribution in [0.15, 0.2) is 39.9 Å². The van der Waals surface area contributed by atoms with Crippen LogP contribution in [0.1, 0.15) is 0 Å². The summed E-state index contributed by atoms with van der Waals surface area (Å²) < 4.78 is 7.39. The van der Waals surface area contributed by atoms with Crippen LogP contribution in [0.3, 0.4) is 0 Å². The summed E-state index contributed by atoms with van der Waals surface area (Å²) in [5.41, 5.74) is 0.304. The Morgan fingerprint density at radius 3 is 2.94 bits per heavy atom. The predicted octanol–water partition coefficient (Wildman–Crippen LogP) is 2.66. The summed E-state index contributed by atoms with van der Waals surface area (Å²) in [5, 5.41) is -0.0608. The molecule has 0 aliphatic carbocycles. The molecule has 0 radical (unpaired) electrons. The highest BCUT2D eigenvalue weighted by Crippen LogP contribution is 2.26. The van der Waals surface area contributed by atoms with Crippen molar-refractivity contribution in [2.75, 3.05) is 7.11 Å². The number of hydrogen-bond donors (Lipinski definition) is 0. The lowest BCUT2D eigenvalue weighted by Crippen LogP contribution is -2.18. The van der Waals surface area contributed by atoms with Gasteiger partial charge in [-0.3, -0.25) is 9.36 Å². The van der Waals surface area contributed by atoms with Crippen molar-refractivity contribution in [2.24, 2.45) is 0 Å². The lowest BCUT2D eigenvalue weighted by molar-refractivity contribution is 0.412. The molecule has 0 N–H and O–H groups in total. The van der Waals surface area contributed by atoms with Gasteiger partial charge in [0.05, 0.1) is 17.3 Å². The first-order chi connectivity index (χ1) is 8.13. The Hall–Kier alpha value is -1.33. The molecule has 0 aliphatic heterocycles. The molecule has 1 aromatic carbocycles. The quantitative estimate of drug-likeness (QED) is 0.856. The molecule has 0 amide bonds. The average Bonchev–Trinajstić information content (AvgIpc) is 2.34. The first-order valence-corrected chi connectivity index (χ1v) is 5.87. The average molecular weight is 316 g/mol. The minimum absolute atomic E-state index is 0.0608. The van der Waals surface area contributed by atoms with Crippen molar-refractivity contribution in [3.8, 4) is 11.4 Å². The number of rotatable bonds is 2. The van der Waals surface area contributed by atoms with Gasteiger partial charge in [-0.15, -0.1) is 0 Å². The third-order valence-corrected chi connectivity index (χ3v) is 3.13. The second kappa shape index (κ2) is 4.89. The smallest absolute Gasteiger partial charge is 0.292 e. The van der Waals surface area contributed by atoms with E-state index in [0.717, 1.165) is 4.47 Å². The Labute approximate surface area is 111 Å². The fourth-order valence-electron chi connectivity index (χ4n) is 1.39. The Morgan fingerprint density at radius 2 is 2.24 bits per heavy atom. The maximum Gasteiger partial charge on any atom is 0.292 e. The molecule has 1 aromatic heterocycles. The number of nitrogens with zero attached hydrogens (tertiary/aromatic N) is 2. The highest BCUT2D eigenvalue weighted by molar-refractivity contribution is 9.10. The second-order valence-corrected chi connectivity index (χ2v) is 4.42. The summed E-state index contributed by atoms with van der Waals surface area (Å²) in [7, 11) is 1.56. The molecule has 17 heavy (non-hydrogen) atoms. The molecule has 0 saturated carbocycles. The lowest BCUT2D eigenvalue weighted by atomic mass is 10.3. The second-order valence-electron chi connectivity index (χ2n) is 3.21. The fraction of sp³-hybridized carbons (Fsp3) is 0.0909. The summed E-state index contributed by atoms with van der Waals surface area (Å²) in [6, 6.07) is 5.32. The van der Waals surface area contributed by atoms with E-state index in [1.54, 1.807) is 31.5 Å². The van der Waals surface area contributed by atoms with Gasteiger partial charge in [0.25, 0.3) is 5.56 Å². The van der Waals surface area contributed by atoms with Crippen LogP contribution in [0.4, 0.5) is 0 Å². The van der Waals surface area contributed by atoms with Crippen LogP contribution in [-0.4, -0.2) is 16.7 Å². The molecule has 0 unspecified atom stereocenters. The molecule has 0 bridgehead atoms. The van der Waals surface area contributed by atoms with Crippen molar-refractivity contribution in [1.29, 1.82) is 0 Å². The molecule has 0 fully saturated rings. The summed E-state index contributed by atoms with van der Waals surface area (Å²) in [6.07, 6.45) is 3.02. The molecule has 6 heteroatoms. The summed E-state index contributed by atoms with van der Waals surface area (Å²) in [5.74, 6) is 0.641. The molecular formula is C11H8BrClN2O2. The van der Waals surface area contributed by atoms with E-state index in [9.17, 15) is 4.79 Å². The predicted molar refractivity (Wildman–Crippen MR) is 69.1 cm³/mol. The number of hydrogen-bond acceptors (Lipinski definition) is 3. The van der Waals surface area contributed by atoms with E-state index >= 15 is 0 Å². The number of aromatic nitrogens is 2. The van der Waals surface area contributed by atoms with Gasteiger partial charge in [0.2, 0.25) is 0 Å². The van der Waals surface area contributed by atoms with E-state index in [-0.39, 0.29) is 10.7 Å². The molecule has 0 saturated heterocycles. The van der Waals surface area contributed by atoms with Crippen LogP contribution >= 0.6 is 27.5 Å². The van der Waals surface area contributed by atoms with Crippen LogP contribution in [0.25, 0.3) is 5.69 Å². The summed E-state index contributed by atoms with van der Waals surface area (Å²) in [6.45, 7) is 0. The van der Waals surface area contributed by atoms with Crippen molar-refractivity contribution in [3.63, 3.8) is 0 Å². The van der Waals surface area contributed by atoms with Crippen molar-refractivity contribution >= 4 is 27.5 Å². The van der Waals surface area contributed by atoms with Crippen molar-refractivity contribution < 1.29 is 4.74 Å². The minimum atomic E-state index is -0.362. The zero-order valence-corrected chi connectivity index (χ0v) is 11.2. The van der Waals surface area contributed by atoms with Gasteiger partial charge in [0.15, 0.2) is 5.15 Å². The zero-order valence-electron chi connectivity index (χ0n) is 8.85. The van der Waals surface area contributed by atoms with E-state index in [1.165, 1.54) is 10.8 Å². The standard InChI is InChI=1S/C11H8BrClN2O2/c1-17-9-6-7(2-3-8(9)12)15-5-4-14-10(13)11(15)16/h2-6H,1H3. The van der Waals surface area contributed by atoms with Gasteiger partial charge in [-0.2, -0.15) is 0 Å². The minimum Gasteiger partial charge on any atom is -0.495 e. The van der Waals surface area contributed by atoms with E-state index in [1.807, 2.05) is 0 Å². The Bertz CT molecular complexity index is 613. The fourth-order valence-corrected chi connectivity index (χ4v) is 1.95. The van der Waals surface area contributed by atoms with Crippen molar-refractivity contribution in [1.82, 2.24) is 9.55 Å². The van der Waals surface area contributed by atoms with Crippen LogP contribution in [-0.2, 0) is 0 Å². The third-order valence-electron chi connectivity index (χ3n) is 2.21. The molecule has 2 rings (SSSR count). The Balaban J connectivity index is 2.61. The first kappa shape index (κ1) is 12.1. The molecule has 4 nitrogen and oxygen atoms in total. The third kappa shape index (κ3) is 2.35. The molecule has 0 spiro atoms. The molecule has 0 atom stereocenters. The Kier molecular flexibility index (Phi) is 3.49. The van der Waals surface area contributed by atoms with E-state index in [2.05, 4.69) is 20.9 Å². The van der Waals surface area contributed by atoms with Crippen LogP contribution in [0.5, 0.6) is 5.75 Å². The highest BCUT2D eigenvalue weighted by atomic mass is 79.9. The summed E-state index contributed by atoms with van der Waals surface area (Å²) in [4.78, 5) is 15.5. The van der Waals surface area contributed by atoms with Gasteiger partial charge in [0, 0.05) is 18.5 Å².